The molecule has 0 aliphatic heterocycles. The predicted octanol–water partition coefficient (Wildman–Crippen LogP) is 3.22. The third-order valence-electron chi connectivity index (χ3n) is 2.49. The smallest absolute Gasteiger partial charge is 0.100 e. The van der Waals surface area contributed by atoms with Crippen LogP contribution in [0.4, 0.5) is 0 Å². The van der Waals surface area contributed by atoms with Crippen LogP contribution in [0.1, 0.15) is 21.6 Å². The number of rotatable bonds is 4. The van der Waals surface area contributed by atoms with Crippen LogP contribution in [0.25, 0.3) is 0 Å². The molecule has 0 spiro atoms. The van der Waals surface area contributed by atoms with Crippen molar-refractivity contribution in [3.8, 4) is 6.07 Å². The molecule has 2 rings (SSSR count). The summed E-state index contributed by atoms with van der Waals surface area (Å²) < 4.78 is 0. The van der Waals surface area contributed by atoms with Crippen LogP contribution in [-0.2, 0) is 13.1 Å². The van der Waals surface area contributed by atoms with E-state index in [-0.39, 0.29) is 0 Å². The molecule has 2 nitrogen and oxygen atoms in total. The van der Waals surface area contributed by atoms with Crippen molar-refractivity contribution in [3.05, 3.63) is 57.3 Å². The summed E-state index contributed by atoms with van der Waals surface area (Å²) in [5.74, 6) is 0. The van der Waals surface area contributed by atoms with Crippen molar-refractivity contribution >= 4 is 11.3 Å². The monoisotopic (exact) mass is 242 g/mol. The third kappa shape index (κ3) is 3.42. The number of aryl methyl sites for hydroxylation is 1. The lowest BCUT2D eigenvalue weighted by molar-refractivity contribution is 0.700. The maximum absolute atomic E-state index is 8.72. The van der Waals surface area contributed by atoms with Crippen molar-refractivity contribution < 1.29 is 0 Å². The molecule has 1 heterocycles. The molecule has 17 heavy (non-hydrogen) atoms. The number of nitrogens with zero attached hydrogens (tertiary/aromatic N) is 1. The fraction of sp³-hybridized carbons (Fsp3) is 0.214. The van der Waals surface area contributed by atoms with E-state index in [1.54, 1.807) is 11.3 Å². The minimum atomic E-state index is 0.752. The number of thiophene rings is 1. The molecule has 0 bridgehead atoms. The molecule has 0 fully saturated rings. The summed E-state index contributed by atoms with van der Waals surface area (Å²) in [6, 6.07) is 12.6. The summed E-state index contributed by atoms with van der Waals surface area (Å²) in [6.07, 6.45) is 0. The number of nitrogens with one attached hydrogen (secondary N) is 1. The maximum atomic E-state index is 8.72. The molecule has 1 aromatic carbocycles. The van der Waals surface area contributed by atoms with E-state index in [4.69, 9.17) is 5.26 Å². The van der Waals surface area contributed by atoms with Gasteiger partial charge in [-0.25, -0.2) is 0 Å². The summed E-state index contributed by atoms with van der Waals surface area (Å²) in [4.78, 5) is 1.20. The highest BCUT2D eigenvalue weighted by Crippen LogP contribution is 2.13. The Morgan fingerprint density at radius 2 is 2.18 bits per heavy atom. The first-order valence-electron chi connectivity index (χ1n) is 5.52. The fourth-order valence-electron chi connectivity index (χ4n) is 1.68. The lowest BCUT2D eigenvalue weighted by atomic mass is 10.1. The normalized spacial score (nSPS) is 10.1. The number of benzene rings is 1. The molecule has 1 aromatic heterocycles. The quantitative estimate of drug-likeness (QED) is 0.893. The molecule has 0 aliphatic carbocycles. The first-order chi connectivity index (χ1) is 8.28. The molecule has 2 aromatic rings. The Morgan fingerprint density at radius 1 is 1.29 bits per heavy atom. The van der Waals surface area contributed by atoms with Crippen LogP contribution < -0.4 is 5.32 Å². The van der Waals surface area contributed by atoms with E-state index in [2.05, 4.69) is 42.6 Å². The molecule has 0 unspecified atom stereocenters. The molecule has 1 N–H and O–H groups in total. The highest BCUT2D eigenvalue weighted by molar-refractivity contribution is 7.10. The van der Waals surface area contributed by atoms with E-state index in [0.29, 0.717) is 0 Å². The van der Waals surface area contributed by atoms with E-state index in [1.807, 2.05) is 11.4 Å². The van der Waals surface area contributed by atoms with Crippen LogP contribution in [0.5, 0.6) is 0 Å². The lowest BCUT2D eigenvalue weighted by Crippen LogP contribution is -2.11. The van der Waals surface area contributed by atoms with Gasteiger partial charge in [0.25, 0.3) is 0 Å². The van der Waals surface area contributed by atoms with Crippen LogP contribution in [0.3, 0.4) is 0 Å². The number of hydrogen-bond donors (Lipinski definition) is 1. The van der Waals surface area contributed by atoms with E-state index >= 15 is 0 Å². The molecule has 0 radical (unpaired) electrons. The largest absolute Gasteiger partial charge is 0.308 e. The maximum Gasteiger partial charge on any atom is 0.100 e. The minimum absolute atomic E-state index is 0.752. The van der Waals surface area contributed by atoms with Crippen LogP contribution in [-0.4, -0.2) is 0 Å². The van der Waals surface area contributed by atoms with Gasteiger partial charge >= 0.3 is 0 Å². The molecule has 0 atom stereocenters. The minimum Gasteiger partial charge on any atom is -0.308 e. The summed E-state index contributed by atoms with van der Waals surface area (Å²) >= 11 is 1.63. The van der Waals surface area contributed by atoms with Crippen molar-refractivity contribution in [2.24, 2.45) is 0 Å². The number of nitriles is 1. The molecular weight excluding hydrogens is 228 g/mol. The van der Waals surface area contributed by atoms with E-state index < -0.39 is 0 Å². The molecule has 0 aliphatic rings. The molecule has 0 saturated carbocycles. The van der Waals surface area contributed by atoms with Crippen LogP contribution in [0.15, 0.2) is 35.7 Å². The molecule has 3 heteroatoms. The topological polar surface area (TPSA) is 35.8 Å². The average Bonchev–Trinajstić information content (AvgIpc) is 2.77. The van der Waals surface area contributed by atoms with Crippen LogP contribution in [0.2, 0.25) is 0 Å². The Kier molecular flexibility index (Phi) is 3.92. The zero-order valence-electron chi connectivity index (χ0n) is 9.73. The van der Waals surface area contributed by atoms with Gasteiger partial charge in [-0.3, -0.25) is 0 Å². The summed E-state index contributed by atoms with van der Waals surface area (Å²) in [6.45, 7) is 3.78. The van der Waals surface area contributed by atoms with Gasteiger partial charge < -0.3 is 5.32 Å². The zero-order valence-corrected chi connectivity index (χ0v) is 10.6. The van der Waals surface area contributed by atoms with Crippen molar-refractivity contribution in [3.63, 3.8) is 0 Å². The van der Waals surface area contributed by atoms with E-state index in [9.17, 15) is 0 Å². The summed E-state index contributed by atoms with van der Waals surface area (Å²) in [5.41, 5.74) is 3.33. The summed E-state index contributed by atoms with van der Waals surface area (Å²) in [5, 5.41) is 14.0. The fourth-order valence-corrected chi connectivity index (χ4v) is 2.46. The van der Waals surface area contributed by atoms with Gasteiger partial charge in [-0.15, -0.1) is 11.3 Å². The Morgan fingerprint density at radius 3 is 2.88 bits per heavy atom. The molecule has 0 amide bonds. The Balaban J connectivity index is 1.85. The highest BCUT2D eigenvalue weighted by Gasteiger charge is 1.99. The third-order valence-corrected chi connectivity index (χ3v) is 3.43. The zero-order chi connectivity index (χ0) is 12.1. The Hall–Kier alpha value is -1.63. The Bertz CT molecular complexity index is 537. The van der Waals surface area contributed by atoms with Gasteiger partial charge in [-0.05, 0) is 18.6 Å². The second-order valence-corrected chi connectivity index (χ2v) is 5.00. The second kappa shape index (κ2) is 5.62. The molecule has 86 valence electrons. The molecule has 0 saturated heterocycles. The highest BCUT2D eigenvalue weighted by atomic mass is 32.1. The van der Waals surface area contributed by atoms with Gasteiger partial charge in [-0.2, -0.15) is 5.26 Å². The van der Waals surface area contributed by atoms with E-state index in [1.165, 1.54) is 16.0 Å². The number of hydrogen-bond acceptors (Lipinski definition) is 3. The van der Waals surface area contributed by atoms with Crippen molar-refractivity contribution in [1.82, 2.24) is 5.32 Å². The van der Waals surface area contributed by atoms with Gasteiger partial charge in [0.1, 0.15) is 6.07 Å². The van der Waals surface area contributed by atoms with Crippen molar-refractivity contribution in [1.29, 1.82) is 5.26 Å². The first kappa shape index (κ1) is 11.8. The second-order valence-electron chi connectivity index (χ2n) is 4.01. The van der Waals surface area contributed by atoms with Crippen LogP contribution >= 0.6 is 11.3 Å². The predicted molar refractivity (Wildman–Crippen MR) is 70.8 cm³/mol. The summed E-state index contributed by atoms with van der Waals surface area (Å²) in [7, 11) is 0. The molecular formula is C14H14N2S. The van der Waals surface area contributed by atoms with Gasteiger partial charge in [0.05, 0.1) is 5.56 Å². The standard InChI is InChI=1S/C14H14N2S/c1-11-3-2-4-12(5-11)8-16-9-14-6-13(7-15)10-17-14/h2-6,10,16H,8-9H2,1H3. The first-order valence-corrected chi connectivity index (χ1v) is 6.39. The SMILES string of the molecule is Cc1cccc(CNCc2cc(C#N)cs2)c1. The van der Waals surface area contributed by atoms with E-state index in [0.717, 1.165) is 18.7 Å². The average molecular weight is 242 g/mol. The van der Waals surface area contributed by atoms with Gasteiger partial charge in [-0.1, -0.05) is 29.8 Å². The van der Waals surface area contributed by atoms with Crippen molar-refractivity contribution in [2.45, 2.75) is 20.0 Å². The van der Waals surface area contributed by atoms with Gasteiger partial charge in [0, 0.05) is 23.3 Å². The van der Waals surface area contributed by atoms with Crippen molar-refractivity contribution in [2.75, 3.05) is 0 Å². The van der Waals surface area contributed by atoms with Gasteiger partial charge in [0.15, 0.2) is 0 Å². The lowest BCUT2D eigenvalue weighted by Gasteiger charge is -2.04. The van der Waals surface area contributed by atoms with Gasteiger partial charge in [0.2, 0.25) is 0 Å². The Labute approximate surface area is 106 Å². The van der Waals surface area contributed by atoms with Crippen LogP contribution in [0, 0.1) is 18.3 Å².